The third-order valence-corrected chi connectivity index (χ3v) is 5.99. The second-order valence-corrected chi connectivity index (χ2v) is 8.33. The van der Waals surface area contributed by atoms with Gasteiger partial charge in [0.2, 0.25) is 15.9 Å². The van der Waals surface area contributed by atoms with Crippen LogP contribution in [0.3, 0.4) is 0 Å². The summed E-state index contributed by atoms with van der Waals surface area (Å²) < 4.78 is 25.4. The standard InChI is InChI=1S/C16H25N3O3S/c1-13-7-4-5-10-19(13)12-16(20)17-14-8-6-9-15(11-14)23(21,22)18(2)3/h6,8-9,11,13H,4-5,7,10,12H2,1-3H3,(H,17,20)/t13-/m0/s1. The zero-order valence-electron chi connectivity index (χ0n) is 13.9. The van der Waals surface area contributed by atoms with E-state index in [4.69, 9.17) is 0 Å². The summed E-state index contributed by atoms with van der Waals surface area (Å²) in [7, 11) is -0.531. The molecule has 6 nitrogen and oxygen atoms in total. The number of hydrogen-bond acceptors (Lipinski definition) is 4. The molecule has 1 saturated heterocycles. The van der Waals surface area contributed by atoms with Gasteiger partial charge in [-0.15, -0.1) is 0 Å². The first kappa shape index (κ1) is 17.9. The van der Waals surface area contributed by atoms with Crippen LogP contribution in [-0.2, 0) is 14.8 Å². The van der Waals surface area contributed by atoms with E-state index in [1.807, 2.05) is 0 Å². The van der Waals surface area contributed by atoms with Crippen LogP contribution < -0.4 is 5.32 Å². The normalized spacial score (nSPS) is 19.7. The fourth-order valence-electron chi connectivity index (χ4n) is 2.72. The van der Waals surface area contributed by atoms with E-state index in [-0.39, 0.29) is 10.8 Å². The van der Waals surface area contributed by atoms with E-state index < -0.39 is 10.0 Å². The summed E-state index contributed by atoms with van der Waals surface area (Å²) in [6, 6.07) is 6.77. The fraction of sp³-hybridized carbons (Fsp3) is 0.562. The smallest absolute Gasteiger partial charge is 0.242 e. The van der Waals surface area contributed by atoms with Gasteiger partial charge in [0.1, 0.15) is 0 Å². The Kier molecular flexibility index (Phi) is 5.78. The number of nitrogens with one attached hydrogen (secondary N) is 1. The zero-order valence-corrected chi connectivity index (χ0v) is 14.8. The van der Waals surface area contributed by atoms with Crippen LogP contribution in [-0.4, -0.2) is 56.8 Å². The SMILES string of the molecule is C[C@H]1CCCCN1CC(=O)Nc1cccc(S(=O)(=O)N(C)C)c1. The van der Waals surface area contributed by atoms with Gasteiger partial charge in [0.15, 0.2) is 0 Å². The molecule has 1 aromatic rings. The number of carbonyl (C=O) groups excluding carboxylic acids is 1. The second-order valence-electron chi connectivity index (χ2n) is 6.18. The minimum Gasteiger partial charge on any atom is -0.325 e. The molecule has 0 aromatic heterocycles. The molecule has 23 heavy (non-hydrogen) atoms. The summed E-state index contributed by atoms with van der Waals surface area (Å²) in [4.78, 5) is 14.5. The number of benzene rings is 1. The molecule has 2 rings (SSSR count). The van der Waals surface area contributed by atoms with E-state index in [0.29, 0.717) is 18.3 Å². The highest BCUT2D eigenvalue weighted by Crippen LogP contribution is 2.19. The molecule has 0 radical (unpaired) electrons. The van der Waals surface area contributed by atoms with E-state index in [2.05, 4.69) is 17.1 Å². The first-order valence-electron chi connectivity index (χ1n) is 7.87. The summed E-state index contributed by atoms with van der Waals surface area (Å²) in [5.74, 6) is -0.113. The maximum atomic E-state index is 12.2. The van der Waals surface area contributed by atoms with Gasteiger partial charge in [0.25, 0.3) is 0 Å². The Labute approximate surface area is 138 Å². The van der Waals surface area contributed by atoms with Crippen molar-refractivity contribution in [2.24, 2.45) is 0 Å². The molecule has 0 unspecified atom stereocenters. The Morgan fingerprint density at radius 2 is 2.09 bits per heavy atom. The number of carbonyl (C=O) groups is 1. The van der Waals surface area contributed by atoms with Crippen LogP contribution in [0, 0.1) is 0 Å². The van der Waals surface area contributed by atoms with E-state index in [1.54, 1.807) is 12.1 Å². The van der Waals surface area contributed by atoms with Crippen molar-refractivity contribution in [1.82, 2.24) is 9.21 Å². The topological polar surface area (TPSA) is 69.7 Å². The molecule has 0 saturated carbocycles. The maximum absolute atomic E-state index is 12.2. The molecule has 128 valence electrons. The van der Waals surface area contributed by atoms with Crippen molar-refractivity contribution in [3.8, 4) is 0 Å². The number of hydrogen-bond donors (Lipinski definition) is 1. The zero-order chi connectivity index (χ0) is 17.0. The van der Waals surface area contributed by atoms with Gasteiger partial charge in [0.05, 0.1) is 11.4 Å². The Hall–Kier alpha value is -1.44. The van der Waals surface area contributed by atoms with Gasteiger partial charge in [-0.3, -0.25) is 9.69 Å². The Morgan fingerprint density at radius 1 is 1.35 bits per heavy atom. The largest absolute Gasteiger partial charge is 0.325 e. The Bertz CT molecular complexity index is 658. The van der Waals surface area contributed by atoms with Crippen molar-refractivity contribution in [3.63, 3.8) is 0 Å². The molecule has 1 fully saturated rings. The lowest BCUT2D eigenvalue weighted by molar-refractivity contribution is -0.118. The van der Waals surface area contributed by atoms with Gasteiger partial charge in [0, 0.05) is 25.8 Å². The van der Waals surface area contributed by atoms with Gasteiger partial charge in [-0.2, -0.15) is 0 Å². The van der Waals surface area contributed by atoms with Gasteiger partial charge in [-0.05, 0) is 44.5 Å². The van der Waals surface area contributed by atoms with E-state index >= 15 is 0 Å². The lowest BCUT2D eigenvalue weighted by atomic mass is 10.0. The summed E-state index contributed by atoms with van der Waals surface area (Å²) in [6.45, 7) is 3.41. The van der Waals surface area contributed by atoms with Crippen LogP contribution >= 0.6 is 0 Å². The van der Waals surface area contributed by atoms with Crippen molar-refractivity contribution in [2.45, 2.75) is 37.1 Å². The summed E-state index contributed by atoms with van der Waals surface area (Å²) in [5, 5.41) is 2.80. The number of anilines is 1. The molecule has 1 aliphatic rings. The number of nitrogens with zero attached hydrogens (tertiary/aromatic N) is 2. The number of likely N-dealkylation sites (tertiary alicyclic amines) is 1. The molecule has 0 aliphatic carbocycles. The molecule has 1 atom stereocenters. The molecule has 1 N–H and O–H groups in total. The average molecular weight is 339 g/mol. The molecule has 0 bridgehead atoms. The third-order valence-electron chi connectivity index (χ3n) is 4.18. The molecule has 1 aromatic carbocycles. The summed E-state index contributed by atoms with van der Waals surface area (Å²) in [5.41, 5.74) is 0.502. The van der Waals surface area contributed by atoms with Crippen molar-refractivity contribution in [1.29, 1.82) is 0 Å². The predicted molar refractivity (Wildman–Crippen MR) is 90.8 cm³/mol. The highest BCUT2D eigenvalue weighted by molar-refractivity contribution is 7.89. The lowest BCUT2D eigenvalue weighted by Gasteiger charge is -2.32. The van der Waals surface area contributed by atoms with Gasteiger partial charge in [-0.25, -0.2) is 12.7 Å². The van der Waals surface area contributed by atoms with Gasteiger partial charge >= 0.3 is 0 Å². The molecule has 1 aliphatic heterocycles. The van der Waals surface area contributed by atoms with Crippen molar-refractivity contribution >= 4 is 21.6 Å². The highest BCUT2D eigenvalue weighted by Gasteiger charge is 2.21. The highest BCUT2D eigenvalue weighted by atomic mass is 32.2. The first-order valence-corrected chi connectivity index (χ1v) is 9.31. The van der Waals surface area contributed by atoms with Crippen molar-refractivity contribution < 1.29 is 13.2 Å². The minimum atomic E-state index is -3.50. The minimum absolute atomic E-state index is 0.113. The van der Waals surface area contributed by atoms with Crippen LogP contribution in [0.25, 0.3) is 0 Å². The van der Waals surface area contributed by atoms with E-state index in [0.717, 1.165) is 23.7 Å². The number of sulfonamides is 1. The quantitative estimate of drug-likeness (QED) is 0.887. The van der Waals surface area contributed by atoms with Gasteiger partial charge in [-0.1, -0.05) is 12.5 Å². The van der Waals surface area contributed by atoms with Crippen LogP contribution in [0.4, 0.5) is 5.69 Å². The number of piperidine rings is 1. The fourth-order valence-corrected chi connectivity index (χ4v) is 3.67. The molecule has 7 heteroatoms. The van der Waals surface area contributed by atoms with Crippen molar-refractivity contribution in [3.05, 3.63) is 24.3 Å². The molecule has 0 spiro atoms. The second kappa shape index (κ2) is 7.42. The monoisotopic (exact) mass is 339 g/mol. The third kappa shape index (κ3) is 4.53. The van der Waals surface area contributed by atoms with Crippen LogP contribution in [0.5, 0.6) is 0 Å². The van der Waals surface area contributed by atoms with Crippen LogP contribution in [0.15, 0.2) is 29.2 Å². The summed E-state index contributed by atoms with van der Waals surface area (Å²) >= 11 is 0. The van der Waals surface area contributed by atoms with E-state index in [9.17, 15) is 13.2 Å². The average Bonchev–Trinajstić information content (AvgIpc) is 2.49. The molecular weight excluding hydrogens is 314 g/mol. The number of rotatable bonds is 5. The van der Waals surface area contributed by atoms with Gasteiger partial charge < -0.3 is 5.32 Å². The molecule has 1 amide bonds. The Morgan fingerprint density at radius 3 is 2.74 bits per heavy atom. The molecular formula is C16H25N3O3S. The predicted octanol–water partition coefficient (Wildman–Crippen LogP) is 1.75. The van der Waals surface area contributed by atoms with Crippen LogP contribution in [0.1, 0.15) is 26.2 Å². The lowest BCUT2D eigenvalue weighted by Crippen LogP contribution is -2.42. The van der Waals surface area contributed by atoms with E-state index in [1.165, 1.54) is 32.6 Å². The number of amides is 1. The Balaban J connectivity index is 2.04. The first-order chi connectivity index (χ1) is 10.8. The van der Waals surface area contributed by atoms with Crippen LogP contribution in [0.2, 0.25) is 0 Å². The summed E-state index contributed by atoms with van der Waals surface area (Å²) in [6.07, 6.45) is 3.45. The van der Waals surface area contributed by atoms with Crippen molar-refractivity contribution in [2.75, 3.05) is 32.5 Å². The maximum Gasteiger partial charge on any atom is 0.242 e. The molecule has 1 heterocycles.